The van der Waals surface area contributed by atoms with Gasteiger partial charge in [-0.3, -0.25) is 4.79 Å². The third-order valence-electron chi connectivity index (χ3n) is 1.60. The average molecular weight is 292 g/mol. The second-order valence-electron chi connectivity index (χ2n) is 2.53. The molecule has 0 bridgehead atoms. The van der Waals surface area contributed by atoms with Gasteiger partial charge in [-0.25, -0.2) is 0 Å². The molecule has 0 unspecified atom stereocenters. The molecule has 3 nitrogen and oxygen atoms in total. The summed E-state index contributed by atoms with van der Waals surface area (Å²) in [5, 5.41) is 8.58. The second kappa shape index (κ2) is 4.45. The molecule has 0 aliphatic heterocycles. The summed E-state index contributed by atoms with van der Waals surface area (Å²) in [6.45, 7) is 0. The fourth-order valence-electron chi connectivity index (χ4n) is 0.961. The van der Waals surface area contributed by atoms with Gasteiger partial charge in [0.1, 0.15) is 5.75 Å². The minimum atomic E-state index is -0.817. The zero-order valence-corrected chi connectivity index (χ0v) is 9.24. The van der Waals surface area contributed by atoms with Crippen LogP contribution in [0.15, 0.2) is 18.2 Å². The van der Waals surface area contributed by atoms with Crippen LogP contribution in [0.1, 0.15) is 5.56 Å². The minimum absolute atomic E-state index is 0.0578. The number of hydrogen-bond acceptors (Lipinski definition) is 2. The Bertz CT molecular complexity index is 323. The van der Waals surface area contributed by atoms with Crippen molar-refractivity contribution in [2.45, 2.75) is 6.42 Å². The molecule has 0 radical (unpaired) electrons. The molecule has 0 atom stereocenters. The zero-order chi connectivity index (χ0) is 9.84. The summed E-state index contributed by atoms with van der Waals surface area (Å²) in [5.74, 6) is -0.0679. The van der Waals surface area contributed by atoms with Gasteiger partial charge in [-0.15, -0.1) is 0 Å². The minimum Gasteiger partial charge on any atom is -0.497 e. The van der Waals surface area contributed by atoms with Gasteiger partial charge in [-0.2, -0.15) is 0 Å². The number of aliphatic carboxylic acids is 1. The van der Waals surface area contributed by atoms with Gasteiger partial charge in [0.2, 0.25) is 0 Å². The molecule has 0 saturated heterocycles. The number of methoxy groups -OCH3 is 1. The highest BCUT2D eigenvalue weighted by atomic mass is 127. The van der Waals surface area contributed by atoms with Crippen LogP contribution < -0.4 is 4.74 Å². The molecule has 1 rings (SSSR count). The van der Waals surface area contributed by atoms with E-state index in [2.05, 4.69) is 22.6 Å². The maximum Gasteiger partial charge on any atom is 0.307 e. The maximum atomic E-state index is 10.4. The lowest BCUT2D eigenvalue weighted by Crippen LogP contribution is -2.01. The van der Waals surface area contributed by atoms with Crippen LogP contribution >= 0.6 is 22.6 Å². The molecule has 1 aromatic rings. The summed E-state index contributed by atoms with van der Waals surface area (Å²) in [7, 11) is 1.59. The molecule has 4 heteroatoms. The Labute approximate surface area is 89.9 Å². The van der Waals surface area contributed by atoms with E-state index in [4.69, 9.17) is 9.84 Å². The van der Waals surface area contributed by atoms with E-state index in [1.54, 1.807) is 19.2 Å². The van der Waals surface area contributed by atoms with Crippen LogP contribution in [0.5, 0.6) is 5.75 Å². The lowest BCUT2D eigenvalue weighted by Gasteiger charge is -2.04. The van der Waals surface area contributed by atoms with Crippen molar-refractivity contribution in [1.29, 1.82) is 0 Å². The molecule has 0 aliphatic rings. The van der Waals surface area contributed by atoms with E-state index < -0.39 is 5.97 Å². The van der Waals surface area contributed by atoms with Gasteiger partial charge in [0.05, 0.1) is 13.5 Å². The first-order chi connectivity index (χ1) is 6.13. The number of carboxylic acids is 1. The Morgan fingerprint density at radius 3 is 2.77 bits per heavy atom. The lowest BCUT2D eigenvalue weighted by atomic mass is 10.1. The smallest absolute Gasteiger partial charge is 0.307 e. The molecule has 70 valence electrons. The molecule has 0 aromatic heterocycles. The van der Waals surface area contributed by atoms with Crippen molar-refractivity contribution in [3.05, 3.63) is 27.3 Å². The lowest BCUT2D eigenvalue weighted by molar-refractivity contribution is -0.136. The van der Waals surface area contributed by atoms with Crippen molar-refractivity contribution >= 4 is 28.6 Å². The molecule has 0 saturated carbocycles. The number of halogens is 1. The predicted molar refractivity (Wildman–Crippen MR) is 57.1 cm³/mol. The first kappa shape index (κ1) is 10.3. The van der Waals surface area contributed by atoms with Crippen LogP contribution in [0.4, 0.5) is 0 Å². The monoisotopic (exact) mass is 292 g/mol. The van der Waals surface area contributed by atoms with Crippen LogP contribution in [-0.4, -0.2) is 18.2 Å². The van der Waals surface area contributed by atoms with Crippen molar-refractivity contribution < 1.29 is 14.6 Å². The molecular formula is C9H9IO3. The van der Waals surface area contributed by atoms with Crippen molar-refractivity contribution in [3.63, 3.8) is 0 Å². The number of rotatable bonds is 3. The first-order valence-corrected chi connectivity index (χ1v) is 4.75. The molecule has 0 heterocycles. The molecule has 0 spiro atoms. The number of carbonyl (C=O) groups is 1. The molecule has 0 aliphatic carbocycles. The van der Waals surface area contributed by atoms with Crippen molar-refractivity contribution in [2.24, 2.45) is 0 Å². The van der Waals surface area contributed by atoms with E-state index in [0.29, 0.717) is 0 Å². The van der Waals surface area contributed by atoms with Crippen LogP contribution in [0.3, 0.4) is 0 Å². The Kier molecular flexibility index (Phi) is 3.53. The Balaban J connectivity index is 2.91. The highest BCUT2D eigenvalue weighted by Gasteiger charge is 2.05. The third kappa shape index (κ3) is 2.87. The largest absolute Gasteiger partial charge is 0.497 e. The Morgan fingerprint density at radius 1 is 1.62 bits per heavy atom. The van der Waals surface area contributed by atoms with Gasteiger partial charge in [-0.05, 0) is 40.3 Å². The maximum absolute atomic E-state index is 10.4. The quantitative estimate of drug-likeness (QED) is 0.866. The summed E-state index contributed by atoms with van der Waals surface area (Å²) in [6, 6.07) is 5.36. The number of hydrogen-bond donors (Lipinski definition) is 1. The van der Waals surface area contributed by atoms with Gasteiger partial charge in [0.15, 0.2) is 0 Å². The second-order valence-corrected chi connectivity index (χ2v) is 3.69. The van der Waals surface area contributed by atoms with Crippen molar-refractivity contribution in [3.8, 4) is 5.75 Å². The Morgan fingerprint density at radius 2 is 2.31 bits per heavy atom. The highest BCUT2D eigenvalue weighted by Crippen LogP contribution is 2.19. The SMILES string of the molecule is COc1ccc(CC(=O)O)c(I)c1. The first-order valence-electron chi connectivity index (χ1n) is 3.67. The molecule has 1 N–H and O–H groups in total. The van der Waals surface area contributed by atoms with Gasteiger partial charge in [0, 0.05) is 3.57 Å². The van der Waals surface area contributed by atoms with Crippen molar-refractivity contribution in [1.82, 2.24) is 0 Å². The topological polar surface area (TPSA) is 46.5 Å². The number of ether oxygens (including phenoxy) is 1. The summed E-state index contributed by atoms with van der Waals surface area (Å²) in [6.07, 6.45) is 0.0578. The molecule has 0 fully saturated rings. The van der Waals surface area contributed by atoms with E-state index in [-0.39, 0.29) is 6.42 Å². The van der Waals surface area contributed by atoms with Gasteiger partial charge in [-0.1, -0.05) is 6.07 Å². The van der Waals surface area contributed by atoms with Gasteiger partial charge < -0.3 is 9.84 Å². The molecule has 1 aromatic carbocycles. The average Bonchev–Trinajstić information content (AvgIpc) is 2.08. The fraction of sp³-hybridized carbons (Fsp3) is 0.222. The zero-order valence-electron chi connectivity index (χ0n) is 7.08. The van der Waals surface area contributed by atoms with E-state index in [9.17, 15) is 4.79 Å². The highest BCUT2D eigenvalue weighted by molar-refractivity contribution is 14.1. The predicted octanol–water partition coefficient (Wildman–Crippen LogP) is 1.93. The number of carboxylic acid groups (broad SMARTS) is 1. The normalized spacial score (nSPS) is 9.69. The van der Waals surface area contributed by atoms with Crippen LogP contribution in [-0.2, 0) is 11.2 Å². The van der Waals surface area contributed by atoms with E-state index in [1.807, 2.05) is 6.07 Å². The fourth-order valence-corrected chi connectivity index (χ4v) is 1.64. The summed E-state index contributed by atoms with van der Waals surface area (Å²) >= 11 is 2.10. The van der Waals surface area contributed by atoms with Crippen LogP contribution in [0.2, 0.25) is 0 Å². The third-order valence-corrected chi connectivity index (χ3v) is 2.61. The molecular weight excluding hydrogens is 283 g/mol. The van der Waals surface area contributed by atoms with Gasteiger partial charge in [0.25, 0.3) is 0 Å². The van der Waals surface area contributed by atoms with Crippen LogP contribution in [0.25, 0.3) is 0 Å². The van der Waals surface area contributed by atoms with Crippen LogP contribution in [0, 0.1) is 3.57 Å². The Hall–Kier alpha value is -0.780. The van der Waals surface area contributed by atoms with Gasteiger partial charge >= 0.3 is 5.97 Å². The van der Waals surface area contributed by atoms with E-state index in [1.165, 1.54) is 0 Å². The summed E-state index contributed by atoms with van der Waals surface area (Å²) < 4.78 is 5.92. The van der Waals surface area contributed by atoms with E-state index >= 15 is 0 Å². The summed E-state index contributed by atoms with van der Waals surface area (Å²) in [5.41, 5.74) is 0.814. The summed E-state index contributed by atoms with van der Waals surface area (Å²) in [4.78, 5) is 10.4. The van der Waals surface area contributed by atoms with E-state index in [0.717, 1.165) is 14.9 Å². The molecule has 0 amide bonds. The van der Waals surface area contributed by atoms with Crippen molar-refractivity contribution in [2.75, 3.05) is 7.11 Å². The standard InChI is InChI=1S/C9H9IO3/c1-13-7-3-2-6(4-9(11)12)8(10)5-7/h2-3,5H,4H2,1H3,(H,11,12). The number of benzene rings is 1. The molecule has 13 heavy (non-hydrogen) atoms.